The molecule has 0 aliphatic heterocycles. The number of nitrogens with one attached hydrogen (secondary N) is 1. The molecule has 1 unspecified atom stereocenters. The number of alkyl carbamates (subject to hydrolysis) is 1. The summed E-state index contributed by atoms with van der Waals surface area (Å²) in [4.78, 5) is 16.6. The summed E-state index contributed by atoms with van der Waals surface area (Å²) in [6.07, 6.45) is 3.71. The first-order chi connectivity index (χ1) is 11.9. The minimum Gasteiger partial charge on any atom is -0.444 e. The minimum absolute atomic E-state index is 0.304. The molecule has 26 heavy (non-hydrogen) atoms. The lowest BCUT2D eigenvalue weighted by Gasteiger charge is -2.22. The lowest BCUT2D eigenvalue weighted by molar-refractivity contribution is 0.0503. The van der Waals surface area contributed by atoms with Gasteiger partial charge in [-0.15, -0.1) is 6.58 Å². The van der Waals surface area contributed by atoms with E-state index in [0.717, 1.165) is 18.3 Å². The molecule has 0 spiro atoms. The molecule has 148 valence electrons. The molecular weight excluding hydrogens is 414 g/mol. The molecule has 1 amide bonds. The van der Waals surface area contributed by atoms with Crippen LogP contribution in [-0.2, 0) is 16.2 Å². The van der Waals surface area contributed by atoms with E-state index in [1.807, 2.05) is 31.5 Å². The zero-order valence-electron chi connectivity index (χ0n) is 16.8. The quantitative estimate of drug-likeness (QED) is 0.326. The van der Waals surface area contributed by atoms with Gasteiger partial charge in [-0.05, 0) is 49.2 Å². The Morgan fingerprint density at radius 3 is 2.65 bits per heavy atom. The van der Waals surface area contributed by atoms with Crippen LogP contribution in [-0.4, -0.2) is 35.9 Å². The van der Waals surface area contributed by atoms with E-state index in [1.165, 1.54) is 0 Å². The van der Waals surface area contributed by atoms with Crippen molar-refractivity contribution in [2.45, 2.75) is 71.3 Å². The first-order valence-electron chi connectivity index (χ1n) is 8.82. The lowest BCUT2D eigenvalue weighted by atomic mass is 10.1. The van der Waals surface area contributed by atoms with Crippen molar-refractivity contribution in [3.63, 3.8) is 0 Å². The second kappa shape index (κ2) is 9.71. The highest BCUT2D eigenvalue weighted by molar-refractivity contribution is 9.10. The van der Waals surface area contributed by atoms with E-state index in [4.69, 9.17) is 9.47 Å². The van der Waals surface area contributed by atoms with Crippen molar-refractivity contribution in [3.05, 3.63) is 29.3 Å². The number of amides is 1. The van der Waals surface area contributed by atoms with Crippen LogP contribution in [0.1, 0.15) is 38.9 Å². The monoisotopic (exact) mass is 445 g/mol. The second-order valence-electron chi connectivity index (χ2n) is 8.48. The Labute approximate surface area is 166 Å². The molecule has 0 bridgehead atoms. The summed E-state index contributed by atoms with van der Waals surface area (Å²) in [5.41, 5.74) is 0.184. The first kappa shape index (κ1) is 22.9. The number of hydrogen-bond donors (Lipinski definition) is 1. The third-order valence-corrected chi connectivity index (χ3v) is 5.76. The van der Waals surface area contributed by atoms with Gasteiger partial charge in [-0.25, -0.2) is 9.78 Å². The van der Waals surface area contributed by atoms with Crippen molar-refractivity contribution in [1.29, 1.82) is 0 Å². The predicted octanol–water partition coefficient (Wildman–Crippen LogP) is 5.10. The van der Waals surface area contributed by atoms with Crippen LogP contribution in [0.5, 0.6) is 0 Å². The number of aromatic nitrogens is 2. The van der Waals surface area contributed by atoms with Crippen LogP contribution in [0.2, 0.25) is 25.7 Å². The largest absolute Gasteiger partial charge is 0.444 e. The number of carbonyl (C=O) groups excluding carboxylic acids is 1. The van der Waals surface area contributed by atoms with Crippen LogP contribution in [0.15, 0.2) is 23.6 Å². The van der Waals surface area contributed by atoms with Gasteiger partial charge >= 0.3 is 6.09 Å². The fourth-order valence-electron chi connectivity index (χ4n) is 2.08. The number of ether oxygens (including phenoxy) is 2. The third-order valence-electron chi connectivity index (χ3n) is 3.42. The van der Waals surface area contributed by atoms with Gasteiger partial charge in [0.2, 0.25) is 0 Å². The Kier molecular flexibility index (Phi) is 8.56. The molecular formula is C18H32BrN3O3Si. The SMILES string of the molecule is C=CCC(NC(=O)OC(C)(C)C)c1cn(COCC[Si](C)(C)C)c(Br)n1. The fourth-order valence-corrected chi connectivity index (χ4v) is 3.25. The Balaban J connectivity index is 2.72. The van der Waals surface area contributed by atoms with Gasteiger partial charge in [0.15, 0.2) is 4.73 Å². The van der Waals surface area contributed by atoms with Crippen LogP contribution in [0.4, 0.5) is 4.79 Å². The summed E-state index contributed by atoms with van der Waals surface area (Å²) < 4.78 is 13.7. The highest BCUT2D eigenvalue weighted by Gasteiger charge is 2.22. The van der Waals surface area contributed by atoms with Crippen LogP contribution in [0.25, 0.3) is 0 Å². The average molecular weight is 446 g/mol. The van der Waals surface area contributed by atoms with Crippen LogP contribution < -0.4 is 5.32 Å². The molecule has 1 heterocycles. The summed E-state index contributed by atoms with van der Waals surface area (Å²) in [5.74, 6) is 0. The number of rotatable bonds is 9. The maximum Gasteiger partial charge on any atom is 0.408 e. The standard InChI is InChI=1S/C18H32BrN3O3Si/c1-8-9-14(21-17(23)25-18(2,3)4)15-12-22(16(19)20-15)13-24-10-11-26(5,6)7/h8,12,14H,1,9-11,13H2,2-7H3,(H,21,23). The van der Waals surface area contributed by atoms with Gasteiger partial charge in [0.25, 0.3) is 0 Å². The van der Waals surface area contributed by atoms with Crippen molar-refractivity contribution in [2.24, 2.45) is 0 Å². The molecule has 0 radical (unpaired) electrons. The number of hydrogen-bond acceptors (Lipinski definition) is 4. The highest BCUT2D eigenvalue weighted by atomic mass is 79.9. The van der Waals surface area contributed by atoms with Gasteiger partial charge in [0.1, 0.15) is 12.3 Å². The maximum atomic E-state index is 12.1. The summed E-state index contributed by atoms with van der Waals surface area (Å²) in [6.45, 7) is 17.4. The van der Waals surface area contributed by atoms with Gasteiger partial charge < -0.3 is 19.4 Å². The molecule has 0 fully saturated rings. The van der Waals surface area contributed by atoms with Gasteiger partial charge in [-0.2, -0.15) is 0 Å². The van der Waals surface area contributed by atoms with E-state index in [9.17, 15) is 4.79 Å². The van der Waals surface area contributed by atoms with Crippen LogP contribution >= 0.6 is 15.9 Å². The van der Waals surface area contributed by atoms with E-state index in [0.29, 0.717) is 17.9 Å². The molecule has 1 aromatic heterocycles. The van der Waals surface area contributed by atoms with E-state index >= 15 is 0 Å². The third kappa shape index (κ3) is 9.00. The van der Waals surface area contributed by atoms with Gasteiger partial charge in [-0.3, -0.25) is 0 Å². The molecule has 6 nitrogen and oxygen atoms in total. The molecule has 0 saturated carbocycles. The smallest absolute Gasteiger partial charge is 0.408 e. The fraction of sp³-hybridized carbons (Fsp3) is 0.667. The number of carbonyl (C=O) groups is 1. The van der Waals surface area contributed by atoms with Gasteiger partial charge in [0.05, 0.1) is 11.7 Å². The summed E-state index contributed by atoms with van der Waals surface area (Å²) in [5, 5.41) is 2.85. The Morgan fingerprint density at radius 1 is 1.46 bits per heavy atom. The minimum atomic E-state index is -1.10. The number of halogens is 1. The molecule has 0 aromatic carbocycles. The normalized spacial score (nSPS) is 13.3. The summed E-state index contributed by atoms with van der Waals surface area (Å²) in [6, 6.07) is 0.813. The molecule has 1 atom stereocenters. The van der Waals surface area contributed by atoms with E-state index in [-0.39, 0.29) is 6.04 Å². The maximum absolute atomic E-state index is 12.1. The zero-order valence-corrected chi connectivity index (χ0v) is 19.4. The number of imidazole rings is 1. The van der Waals surface area contributed by atoms with E-state index < -0.39 is 19.8 Å². The average Bonchev–Trinajstić information content (AvgIpc) is 2.81. The molecule has 1 N–H and O–H groups in total. The molecule has 1 rings (SSSR count). The van der Waals surface area contributed by atoms with E-state index in [1.54, 1.807) is 6.08 Å². The molecule has 0 saturated heterocycles. The summed E-state index contributed by atoms with van der Waals surface area (Å²) in [7, 11) is -1.10. The predicted molar refractivity (Wildman–Crippen MR) is 111 cm³/mol. The molecule has 8 heteroatoms. The van der Waals surface area contributed by atoms with Crippen molar-refractivity contribution < 1.29 is 14.3 Å². The zero-order chi connectivity index (χ0) is 20.0. The van der Waals surface area contributed by atoms with Crippen LogP contribution in [0.3, 0.4) is 0 Å². The topological polar surface area (TPSA) is 65.4 Å². The van der Waals surface area contributed by atoms with Crippen LogP contribution in [0, 0.1) is 0 Å². The summed E-state index contributed by atoms with van der Waals surface area (Å²) >= 11 is 3.45. The second-order valence-corrected chi connectivity index (χ2v) is 14.8. The molecule has 1 aromatic rings. The van der Waals surface area contributed by atoms with Crippen molar-refractivity contribution in [3.8, 4) is 0 Å². The highest BCUT2D eigenvalue weighted by Crippen LogP contribution is 2.21. The first-order valence-corrected chi connectivity index (χ1v) is 13.3. The Bertz CT molecular complexity index is 606. The molecule has 0 aliphatic rings. The molecule has 0 aliphatic carbocycles. The van der Waals surface area contributed by atoms with E-state index in [2.05, 4.69) is 52.5 Å². The van der Waals surface area contributed by atoms with Gasteiger partial charge in [-0.1, -0.05) is 25.7 Å². The number of nitrogens with zero attached hydrogens (tertiary/aromatic N) is 2. The van der Waals surface area contributed by atoms with Crippen molar-refractivity contribution in [1.82, 2.24) is 14.9 Å². The Morgan fingerprint density at radius 2 is 2.12 bits per heavy atom. The Hall–Kier alpha value is -1.12. The lowest BCUT2D eigenvalue weighted by Crippen LogP contribution is -2.35. The van der Waals surface area contributed by atoms with Gasteiger partial charge in [0, 0.05) is 20.9 Å². The van der Waals surface area contributed by atoms with Crippen molar-refractivity contribution >= 4 is 30.1 Å². The van der Waals surface area contributed by atoms with Crippen molar-refractivity contribution in [2.75, 3.05) is 6.61 Å².